The normalized spacial score (nSPS) is 10.4. The van der Waals surface area contributed by atoms with Crippen LogP contribution in [0, 0.1) is 40.5 Å². The number of rotatable bonds is 8. The molecule has 0 aliphatic carbocycles. The zero-order valence-electron chi connectivity index (χ0n) is 17.9. The first-order chi connectivity index (χ1) is 15.9. The summed E-state index contributed by atoms with van der Waals surface area (Å²) < 4.78 is 0. The zero-order chi connectivity index (χ0) is 25.6. The number of benzene rings is 2. The Morgan fingerprint density at radius 3 is 1.91 bits per heavy atom. The molecule has 2 aromatic carbocycles. The van der Waals surface area contributed by atoms with Crippen LogP contribution < -0.4 is 0 Å². The van der Waals surface area contributed by atoms with Crippen LogP contribution >= 0.6 is 0 Å². The molecule has 0 fully saturated rings. The van der Waals surface area contributed by atoms with Gasteiger partial charge in [-0.15, -0.1) is 0 Å². The van der Waals surface area contributed by atoms with Gasteiger partial charge in [0.2, 0.25) is 0 Å². The zero-order valence-corrected chi connectivity index (χ0v) is 17.9. The van der Waals surface area contributed by atoms with E-state index in [0.29, 0.717) is 18.6 Å². The predicted octanol–water partition coefficient (Wildman–Crippen LogP) is 3.62. The van der Waals surface area contributed by atoms with Crippen LogP contribution in [-0.2, 0) is 0 Å². The number of carbonyl (C=O) groups excluding carboxylic acids is 1. The molecule has 15 heteroatoms. The lowest BCUT2D eigenvalue weighted by Crippen LogP contribution is -2.16. The van der Waals surface area contributed by atoms with E-state index in [1.54, 1.807) is 0 Å². The van der Waals surface area contributed by atoms with Crippen LogP contribution in [0.3, 0.4) is 0 Å². The van der Waals surface area contributed by atoms with Crippen molar-refractivity contribution >= 4 is 39.4 Å². The lowest BCUT2D eigenvalue weighted by atomic mass is 10.1. The SMILES string of the molecule is CN(C)CCC(=O)c1c[nH]c2ccccc12.O=[N+]([O-])c1cc([N+](=O)[O-])c([N+](=O)[O-])c([N+](=O)[O-])c1. The monoisotopic (exact) mass is 474 g/mol. The van der Waals surface area contributed by atoms with E-state index in [9.17, 15) is 45.3 Å². The van der Waals surface area contributed by atoms with Gasteiger partial charge in [-0.2, -0.15) is 0 Å². The molecule has 178 valence electrons. The average molecular weight is 474 g/mol. The van der Waals surface area contributed by atoms with E-state index in [1.165, 1.54) is 0 Å². The van der Waals surface area contributed by atoms with Gasteiger partial charge in [0.1, 0.15) is 12.1 Å². The van der Waals surface area contributed by atoms with Gasteiger partial charge in [-0.25, -0.2) is 0 Å². The topological polar surface area (TPSA) is 209 Å². The molecule has 0 unspecified atom stereocenters. The third-order valence-electron chi connectivity index (χ3n) is 4.52. The van der Waals surface area contributed by atoms with Gasteiger partial charge in [-0.1, -0.05) is 18.2 Å². The van der Waals surface area contributed by atoms with Crippen LogP contribution in [-0.4, -0.2) is 56.0 Å². The standard InChI is InChI=1S/C13H16N2O.C6H2N4O8/c1-15(2)8-7-13(16)11-9-14-12-6-4-3-5-10(11)12;11-7(12)3-1-4(8(13)14)6(10(17)18)5(2-3)9(15)16/h3-6,9,14H,7-8H2,1-2H3;1-2H. The molecule has 1 heterocycles. The number of hydrogen-bond donors (Lipinski definition) is 1. The highest BCUT2D eigenvalue weighted by Crippen LogP contribution is 2.39. The number of Topliss-reactive ketones (excluding diaryl/α,β-unsaturated/α-hetero) is 1. The number of nitro groups is 4. The molecule has 1 aromatic heterocycles. The number of aromatic amines is 1. The van der Waals surface area contributed by atoms with Crippen LogP contribution in [0.15, 0.2) is 42.6 Å². The second-order valence-corrected chi connectivity index (χ2v) is 7.09. The van der Waals surface area contributed by atoms with Crippen LogP contribution in [0.4, 0.5) is 22.7 Å². The second kappa shape index (κ2) is 10.7. The molecule has 0 bridgehead atoms. The van der Waals surface area contributed by atoms with Gasteiger partial charge in [-0.05, 0) is 20.2 Å². The fourth-order valence-corrected chi connectivity index (χ4v) is 2.92. The summed E-state index contributed by atoms with van der Waals surface area (Å²) >= 11 is 0. The number of hydrogen-bond acceptors (Lipinski definition) is 10. The Bertz CT molecular complexity index is 1250. The molecule has 3 rings (SSSR count). The van der Waals surface area contributed by atoms with Crippen molar-refractivity contribution in [2.75, 3.05) is 20.6 Å². The Labute approximate surface area is 190 Å². The Morgan fingerprint density at radius 2 is 1.44 bits per heavy atom. The van der Waals surface area contributed by atoms with Crippen molar-refractivity contribution < 1.29 is 24.5 Å². The summed E-state index contributed by atoms with van der Waals surface area (Å²) in [6.45, 7) is 0.790. The van der Waals surface area contributed by atoms with Crippen molar-refractivity contribution in [1.29, 1.82) is 0 Å². The molecule has 34 heavy (non-hydrogen) atoms. The molecular weight excluding hydrogens is 456 g/mol. The van der Waals surface area contributed by atoms with Gasteiger partial charge in [0, 0.05) is 35.6 Å². The summed E-state index contributed by atoms with van der Waals surface area (Å²) in [6.07, 6.45) is 2.37. The van der Waals surface area contributed by atoms with Crippen LogP contribution in [0.25, 0.3) is 10.9 Å². The first kappa shape index (κ1) is 25.5. The summed E-state index contributed by atoms with van der Waals surface area (Å²) in [5.41, 5.74) is -3.15. The van der Waals surface area contributed by atoms with Gasteiger partial charge in [0.25, 0.3) is 5.69 Å². The van der Waals surface area contributed by atoms with Gasteiger partial charge in [0.15, 0.2) is 5.78 Å². The van der Waals surface area contributed by atoms with Crippen LogP contribution in [0.1, 0.15) is 16.8 Å². The third-order valence-corrected chi connectivity index (χ3v) is 4.52. The van der Waals surface area contributed by atoms with Crippen molar-refractivity contribution in [3.63, 3.8) is 0 Å². The number of ketones is 1. The van der Waals surface area contributed by atoms with E-state index in [1.807, 2.05) is 49.5 Å². The Kier molecular flexibility index (Phi) is 8.01. The minimum absolute atomic E-state index is 0.200. The number of nitro benzene ring substituents is 4. The van der Waals surface area contributed by atoms with Gasteiger partial charge < -0.3 is 9.88 Å². The fourth-order valence-electron chi connectivity index (χ4n) is 2.92. The summed E-state index contributed by atoms with van der Waals surface area (Å²) in [6, 6.07) is 8.48. The quantitative estimate of drug-likeness (QED) is 0.284. The highest BCUT2D eigenvalue weighted by Gasteiger charge is 2.39. The second-order valence-electron chi connectivity index (χ2n) is 7.09. The molecule has 0 spiro atoms. The first-order valence-electron chi connectivity index (χ1n) is 9.43. The maximum Gasteiger partial charge on any atom is 0.422 e. The van der Waals surface area contributed by atoms with E-state index in [2.05, 4.69) is 4.98 Å². The molecule has 3 aromatic rings. The molecule has 0 saturated carbocycles. The molecule has 15 nitrogen and oxygen atoms in total. The summed E-state index contributed by atoms with van der Waals surface area (Å²) in [5.74, 6) is 0.200. The number of fused-ring (bicyclic) bond motifs is 1. The van der Waals surface area contributed by atoms with Gasteiger partial charge >= 0.3 is 17.1 Å². The van der Waals surface area contributed by atoms with Crippen molar-refractivity contribution in [3.05, 3.63) is 88.6 Å². The highest BCUT2D eigenvalue weighted by atomic mass is 16.7. The molecule has 0 aliphatic rings. The summed E-state index contributed by atoms with van der Waals surface area (Å²) in [7, 11) is 3.95. The van der Waals surface area contributed by atoms with E-state index < -0.39 is 42.4 Å². The third kappa shape index (κ3) is 5.92. The van der Waals surface area contributed by atoms with Gasteiger partial charge in [-0.3, -0.25) is 45.3 Å². The minimum atomic E-state index is -1.39. The number of para-hydroxylation sites is 1. The van der Waals surface area contributed by atoms with Crippen molar-refractivity contribution in [3.8, 4) is 0 Å². The van der Waals surface area contributed by atoms with E-state index in [-0.39, 0.29) is 5.78 Å². The van der Waals surface area contributed by atoms with Crippen LogP contribution in [0.5, 0.6) is 0 Å². The molecular formula is C19H18N6O9. The largest absolute Gasteiger partial charge is 0.422 e. The Morgan fingerprint density at radius 1 is 0.882 bits per heavy atom. The molecule has 0 atom stereocenters. The number of nitrogens with one attached hydrogen (secondary N) is 1. The molecule has 1 N–H and O–H groups in total. The molecule has 0 amide bonds. The number of non-ortho nitro benzene ring substituents is 1. The highest BCUT2D eigenvalue weighted by molar-refractivity contribution is 6.07. The van der Waals surface area contributed by atoms with E-state index in [4.69, 9.17) is 0 Å². The predicted molar refractivity (Wildman–Crippen MR) is 119 cm³/mol. The number of H-pyrrole nitrogens is 1. The number of carbonyl (C=O) groups is 1. The van der Waals surface area contributed by atoms with Crippen molar-refractivity contribution in [1.82, 2.24) is 9.88 Å². The van der Waals surface area contributed by atoms with Crippen molar-refractivity contribution in [2.45, 2.75) is 6.42 Å². The maximum absolute atomic E-state index is 12.0. The smallest absolute Gasteiger partial charge is 0.360 e. The fraction of sp³-hybridized carbons (Fsp3) is 0.211. The van der Waals surface area contributed by atoms with Crippen LogP contribution in [0.2, 0.25) is 0 Å². The van der Waals surface area contributed by atoms with Gasteiger partial charge in [0.05, 0.1) is 19.7 Å². The maximum atomic E-state index is 12.0. The number of aromatic nitrogens is 1. The molecule has 0 radical (unpaired) electrons. The Balaban J connectivity index is 0.000000241. The Hall–Kier alpha value is -4.79. The lowest BCUT2D eigenvalue weighted by molar-refractivity contribution is -0.443. The van der Waals surface area contributed by atoms with E-state index >= 15 is 0 Å². The number of nitrogens with zero attached hydrogens (tertiary/aromatic N) is 5. The van der Waals surface area contributed by atoms with Crippen molar-refractivity contribution in [2.24, 2.45) is 0 Å². The molecule has 0 saturated heterocycles. The summed E-state index contributed by atoms with van der Waals surface area (Å²) in [4.78, 5) is 54.1. The summed E-state index contributed by atoms with van der Waals surface area (Å²) in [5, 5.41) is 43.1. The van der Waals surface area contributed by atoms with E-state index in [0.717, 1.165) is 23.0 Å². The average Bonchev–Trinajstić information content (AvgIpc) is 3.21. The first-order valence-corrected chi connectivity index (χ1v) is 9.43. The minimum Gasteiger partial charge on any atom is -0.360 e. The molecule has 0 aliphatic heterocycles. The lowest BCUT2D eigenvalue weighted by Gasteiger charge is -2.07.